The number of hydrogen-bond acceptors (Lipinski definition) is 2. The molecule has 0 aliphatic carbocycles. The van der Waals surface area contributed by atoms with Crippen LogP contribution < -0.4 is 0 Å². The molecule has 0 aliphatic rings. The number of rotatable bonds is 1. The van der Waals surface area contributed by atoms with Crippen molar-refractivity contribution >= 4 is 11.0 Å². The second-order valence-electron chi connectivity index (χ2n) is 5.19. The normalized spacial score (nSPS) is 10.7. The number of aryl methyl sites for hydroxylation is 3. The van der Waals surface area contributed by atoms with Crippen LogP contribution in [-0.2, 0) is 7.05 Å². The average Bonchev–Trinajstić information content (AvgIpc) is 2.74. The molecule has 0 atom stereocenters. The summed E-state index contributed by atoms with van der Waals surface area (Å²) in [7, 11) is 2.01. The van der Waals surface area contributed by atoms with Crippen molar-refractivity contribution in [3.05, 3.63) is 53.1 Å². The fraction of sp³-hybridized carbons (Fsp3) is 0.176. The second kappa shape index (κ2) is 4.50. The molecule has 3 nitrogen and oxygen atoms in total. The number of benzene rings is 2. The summed E-state index contributed by atoms with van der Waals surface area (Å²) in [4.78, 5) is 4.69. The van der Waals surface area contributed by atoms with E-state index in [9.17, 15) is 0 Å². The van der Waals surface area contributed by atoms with Crippen LogP contribution in [0.5, 0.6) is 0 Å². The quantitative estimate of drug-likeness (QED) is 0.669. The molecule has 0 radical (unpaired) electrons. The Labute approximate surface area is 118 Å². The first-order valence-electron chi connectivity index (χ1n) is 6.54. The van der Waals surface area contributed by atoms with Gasteiger partial charge in [-0.3, -0.25) is 0 Å². The molecular formula is C17H15N3. The van der Waals surface area contributed by atoms with Crippen LogP contribution >= 0.6 is 0 Å². The summed E-state index contributed by atoms with van der Waals surface area (Å²) < 4.78 is 2.07. The SMILES string of the molecule is Cc1cc(C)cc(-c2nc3cc(C#N)ccc3n2C)c1. The first kappa shape index (κ1) is 12.4. The highest BCUT2D eigenvalue weighted by atomic mass is 15.1. The van der Waals surface area contributed by atoms with Crippen LogP contribution in [0.2, 0.25) is 0 Å². The molecule has 1 aromatic heterocycles. The van der Waals surface area contributed by atoms with E-state index in [1.54, 1.807) is 0 Å². The van der Waals surface area contributed by atoms with Crippen LogP contribution in [0.4, 0.5) is 0 Å². The molecule has 0 aliphatic heterocycles. The molecule has 20 heavy (non-hydrogen) atoms. The second-order valence-corrected chi connectivity index (χ2v) is 5.19. The third kappa shape index (κ3) is 1.96. The van der Waals surface area contributed by atoms with E-state index in [0.717, 1.165) is 22.4 Å². The highest BCUT2D eigenvalue weighted by Gasteiger charge is 2.11. The summed E-state index contributed by atoms with van der Waals surface area (Å²) in [6.45, 7) is 4.18. The van der Waals surface area contributed by atoms with Crippen molar-refractivity contribution in [3.63, 3.8) is 0 Å². The molecule has 0 N–H and O–H groups in total. The van der Waals surface area contributed by atoms with Crippen molar-refractivity contribution in [1.82, 2.24) is 9.55 Å². The molecule has 3 heteroatoms. The van der Waals surface area contributed by atoms with Crippen LogP contribution in [0, 0.1) is 25.2 Å². The lowest BCUT2D eigenvalue weighted by molar-refractivity contribution is 0.958. The number of nitriles is 1. The largest absolute Gasteiger partial charge is 0.327 e. The summed E-state index contributed by atoms with van der Waals surface area (Å²) in [5, 5.41) is 8.98. The standard InChI is InChI=1S/C17H15N3/c1-11-6-12(2)8-14(7-11)17-19-15-9-13(10-18)4-5-16(15)20(17)3/h4-9H,1-3H3. The van der Waals surface area contributed by atoms with E-state index in [4.69, 9.17) is 5.26 Å². The zero-order valence-electron chi connectivity index (χ0n) is 11.8. The van der Waals surface area contributed by atoms with Gasteiger partial charge in [-0.2, -0.15) is 5.26 Å². The van der Waals surface area contributed by atoms with Gasteiger partial charge in [-0.15, -0.1) is 0 Å². The summed E-state index contributed by atoms with van der Waals surface area (Å²) in [6.07, 6.45) is 0. The Hall–Kier alpha value is -2.60. The van der Waals surface area contributed by atoms with Gasteiger partial charge in [0.1, 0.15) is 5.82 Å². The third-order valence-electron chi connectivity index (χ3n) is 3.49. The minimum atomic E-state index is 0.641. The van der Waals surface area contributed by atoms with E-state index in [-0.39, 0.29) is 0 Å². The van der Waals surface area contributed by atoms with Gasteiger partial charge < -0.3 is 4.57 Å². The molecule has 98 valence electrons. The third-order valence-corrected chi connectivity index (χ3v) is 3.49. The Bertz CT molecular complexity index is 830. The van der Waals surface area contributed by atoms with Gasteiger partial charge in [0.05, 0.1) is 22.7 Å². The van der Waals surface area contributed by atoms with Crippen LogP contribution in [0.25, 0.3) is 22.4 Å². The van der Waals surface area contributed by atoms with E-state index in [2.05, 4.69) is 47.7 Å². The molecule has 0 fully saturated rings. The predicted molar refractivity (Wildman–Crippen MR) is 80.3 cm³/mol. The Morgan fingerprint density at radius 3 is 2.40 bits per heavy atom. The van der Waals surface area contributed by atoms with Gasteiger partial charge in [0.2, 0.25) is 0 Å². The van der Waals surface area contributed by atoms with Gasteiger partial charge >= 0.3 is 0 Å². The number of nitrogens with zero attached hydrogens (tertiary/aromatic N) is 3. The molecule has 0 amide bonds. The summed E-state index contributed by atoms with van der Waals surface area (Å²) in [6, 6.07) is 14.2. The first-order chi connectivity index (χ1) is 9.58. The number of imidazole rings is 1. The van der Waals surface area contributed by atoms with Gasteiger partial charge in [0.25, 0.3) is 0 Å². The van der Waals surface area contributed by atoms with Crippen molar-refractivity contribution in [1.29, 1.82) is 5.26 Å². The minimum absolute atomic E-state index is 0.641. The van der Waals surface area contributed by atoms with Crippen LogP contribution in [0.15, 0.2) is 36.4 Å². The molecule has 0 saturated carbocycles. The highest BCUT2D eigenvalue weighted by molar-refractivity contribution is 5.82. The molecule has 1 heterocycles. The van der Waals surface area contributed by atoms with Crippen molar-refractivity contribution in [2.75, 3.05) is 0 Å². The fourth-order valence-electron chi connectivity index (χ4n) is 2.63. The van der Waals surface area contributed by atoms with Crippen LogP contribution in [-0.4, -0.2) is 9.55 Å². The molecule has 0 saturated heterocycles. The zero-order valence-corrected chi connectivity index (χ0v) is 11.8. The molecular weight excluding hydrogens is 246 g/mol. The maximum absolute atomic E-state index is 8.98. The van der Waals surface area contributed by atoms with Crippen molar-refractivity contribution < 1.29 is 0 Å². The van der Waals surface area contributed by atoms with E-state index >= 15 is 0 Å². The van der Waals surface area contributed by atoms with E-state index in [1.807, 2.05) is 25.2 Å². The van der Waals surface area contributed by atoms with Crippen molar-refractivity contribution in [3.8, 4) is 17.5 Å². The van der Waals surface area contributed by atoms with Gasteiger partial charge in [-0.05, 0) is 44.2 Å². The van der Waals surface area contributed by atoms with Crippen LogP contribution in [0.3, 0.4) is 0 Å². The molecule has 3 aromatic rings. The molecule has 2 aromatic carbocycles. The lowest BCUT2D eigenvalue weighted by Crippen LogP contribution is -1.93. The van der Waals surface area contributed by atoms with Gasteiger partial charge in [-0.1, -0.05) is 17.2 Å². The Morgan fingerprint density at radius 1 is 1.05 bits per heavy atom. The van der Waals surface area contributed by atoms with Crippen molar-refractivity contribution in [2.45, 2.75) is 13.8 Å². The summed E-state index contributed by atoms with van der Waals surface area (Å²) >= 11 is 0. The maximum Gasteiger partial charge on any atom is 0.140 e. The van der Waals surface area contributed by atoms with Gasteiger partial charge in [0.15, 0.2) is 0 Å². The number of aromatic nitrogens is 2. The zero-order chi connectivity index (χ0) is 14.3. The lowest BCUT2D eigenvalue weighted by Gasteiger charge is -2.05. The summed E-state index contributed by atoms with van der Waals surface area (Å²) in [5.74, 6) is 0.932. The maximum atomic E-state index is 8.98. The van der Waals surface area contributed by atoms with Gasteiger partial charge in [-0.25, -0.2) is 4.98 Å². The Morgan fingerprint density at radius 2 is 1.75 bits per heavy atom. The van der Waals surface area contributed by atoms with E-state index in [0.29, 0.717) is 5.56 Å². The molecule has 0 bridgehead atoms. The van der Waals surface area contributed by atoms with E-state index in [1.165, 1.54) is 11.1 Å². The van der Waals surface area contributed by atoms with Crippen LogP contribution in [0.1, 0.15) is 16.7 Å². The number of hydrogen-bond donors (Lipinski definition) is 0. The summed E-state index contributed by atoms with van der Waals surface area (Å²) in [5.41, 5.74) is 6.11. The Balaban J connectivity index is 2.26. The predicted octanol–water partition coefficient (Wildman–Crippen LogP) is 3.73. The monoisotopic (exact) mass is 261 g/mol. The first-order valence-corrected chi connectivity index (χ1v) is 6.54. The van der Waals surface area contributed by atoms with Gasteiger partial charge in [0, 0.05) is 12.6 Å². The molecule has 0 unspecified atom stereocenters. The van der Waals surface area contributed by atoms with Crippen molar-refractivity contribution in [2.24, 2.45) is 7.05 Å². The molecule has 3 rings (SSSR count). The highest BCUT2D eigenvalue weighted by Crippen LogP contribution is 2.25. The fourth-order valence-corrected chi connectivity index (χ4v) is 2.63. The molecule has 0 spiro atoms. The topological polar surface area (TPSA) is 41.6 Å². The Kier molecular flexibility index (Phi) is 2.80. The average molecular weight is 261 g/mol. The minimum Gasteiger partial charge on any atom is -0.327 e. The number of fused-ring (bicyclic) bond motifs is 1. The smallest absolute Gasteiger partial charge is 0.140 e. The van der Waals surface area contributed by atoms with E-state index < -0.39 is 0 Å². The lowest BCUT2D eigenvalue weighted by atomic mass is 10.1.